The number of hydrogen-bond donors (Lipinski definition) is 2. The van der Waals surface area contributed by atoms with E-state index < -0.39 is 6.10 Å². The van der Waals surface area contributed by atoms with Gasteiger partial charge >= 0.3 is 0 Å². The van der Waals surface area contributed by atoms with Gasteiger partial charge in [0.25, 0.3) is 5.91 Å². The van der Waals surface area contributed by atoms with Gasteiger partial charge in [0.2, 0.25) is 5.91 Å². The molecule has 0 radical (unpaired) electrons. The number of hydrogen-bond acceptors (Lipinski definition) is 4. The molecule has 0 saturated carbocycles. The Labute approximate surface area is 155 Å². The molecule has 0 spiro atoms. The number of nitrogens with one attached hydrogen (secondary N) is 1. The molecule has 2 N–H and O–H groups in total. The molecule has 2 aliphatic rings. The van der Waals surface area contributed by atoms with Gasteiger partial charge in [0.15, 0.2) is 0 Å². The number of likely N-dealkylation sites (tertiary alicyclic amines) is 2. The highest BCUT2D eigenvalue weighted by atomic mass is 16.3. The highest BCUT2D eigenvalue weighted by molar-refractivity contribution is 5.94. The first-order chi connectivity index (χ1) is 12.6. The van der Waals surface area contributed by atoms with Crippen LogP contribution in [-0.4, -0.2) is 71.6 Å². The summed E-state index contributed by atoms with van der Waals surface area (Å²) in [6.45, 7) is 3.14. The molecule has 2 amide bonds. The van der Waals surface area contributed by atoms with Crippen LogP contribution in [-0.2, 0) is 4.79 Å². The van der Waals surface area contributed by atoms with Crippen LogP contribution in [0.25, 0.3) is 0 Å². The summed E-state index contributed by atoms with van der Waals surface area (Å²) < 4.78 is 0. The average Bonchev–Trinajstić information content (AvgIpc) is 2.92. The molecule has 2 atom stereocenters. The predicted molar refractivity (Wildman–Crippen MR) is 99.8 cm³/mol. The van der Waals surface area contributed by atoms with Crippen LogP contribution in [0.4, 0.5) is 0 Å². The highest BCUT2D eigenvalue weighted by Crippen LogP contribution is 2.15. The molecule has 2 saturated heterocycles. The number of carbonyl (C=O) groups excluding carboxylic acids is 2. The second kappa shape index (κ2) is 9.14. The molecule has 2 aliphatic heterocycles. The van der Waals surface area contributed by atoms with E-state index >= 15 is 0 Å². The van der Waals surface area contributed by atoms with Crippen LogP contribution in [0.3, 0.4) is 0 Å². The van der Waals surface area contributed by atoms with Gasteiger partial charge in [-0.1, -0.05) is 31.0 Å². The summed E-state index contributed by atoms with van der Waals surface area (Å²) in [6, 6.07) is 8.82. The smallest absolute Gasteiger partial charge is 0.253 e. The Bertz CT molecular complexity index is 600. The molecular formula is C20H29N3O3. The molecule has 0 aliphatic carbocycles. The van der Waals surface area contributed by atoms with Gasteiger partial charge in [-0.3, -0.25) is 14.5 Å². The van der Waals surface area contributed by atoms with E-state index in [1.54, 1.807) is 17.0 Å². The number of aliphatic hydroxyl groups is 1. The van der Waals surface area contributed by atoms with E-state index in [4.69, 9.17) is 0 Å². The van der Waals surface area contributed by atoms with Crippen molar-refractivity contribution < 1.29 is 14.7 Å². The van der Waals surface area contributed by atoms with Crippen molar-refractivity contribution >= 4 is 11.8 Å². The third-order valence-corrected chi connectivity index (χ3v) is 5.30. The molecule has 1 aromatic carbocycles. The molecule has 0 aromatic heterocycles. The maximum absolute atomic E-state index is 12.5. The maximum Gasteiger partial charge on any atom is 0.253 e. The molecule has 0 bridgehead atoms. The van der Waals surface area contributed by atoms with Crippen molar-refractivity contribution in [1.82, 2.24) is 15.1 Å². The summed E-state index contributed by atoms with van der Waals surface area (Å²) in [7, 11) is 0. The van der Waals surface area contributed by atoms with Crippen LogP contribution in [0.2, 0.25) is 0 Å². The van der Waals surface area contributed by atoms with Gasteiger partial charge in [-0.15, -0.1) is 0 Å². The summed E-state index contributed by atoms with van der Waals surface area (Å²) in [5.41, 5.74) is 0.628. The van der Waals surface area contributed by atoms with Gasteiger partial charge in [0, 0.05) is 18.7 Å². The van der Waals surface area contributed by atoms with E-state index in [1.807, 2.05) is 18.2 Å². The van der Waals surface area contributed by atoms with E-state index in [0.717, 1.165) is 25.9 Å². The van der Waals surface area contributed by atoms with Crippen molar-refractivity contribution in [1.29, 1.82) is 0 Å². The first kappa shape index (κ1) is 18.9. The van der Waals surface area contributed by atoms with Gasteiger partial charge in [-0.25, -0.2) is 0 Å². The Hall–Kier alpha value is -1.92. The number of nitrogens with zero attached hydrogens (tertiary/aromatic N) is 2. The van der Waals surface area contributed by atoms with E-state index in [2.05, 4.69) is 10.2 Å². The first-order valence-electron chi connectivity index (χ1n) is 9.67. The lowest BCUT2D eigenvalue weighted by Gasteiger charge is -2.36. The van der Waals surface area contributed by atoms with Crippen LogP contribution in [0.5, 0.6) is 0 Å². The minimum Gasteiger partial charge on any atom is -0.389 e. The summed E-state index contributed by atoms with van der Waals surface area (Å²) >= 11 is 0. The van der Waals surface area contributed by atoms with E-state index in [0.29, 0.717) is 25.1 Å². The Morgan fingerprint density at radius 3 is 2.38 bits per heavy atom. The zero-order chi connectivity index (χ0) is 18.4. The SMILES string of the molecule is O=C(CN1CCCCCC1)N[C@@H]1CCN(C(=O)c2ccccc2)C[C@H]1O. The largest absolute Gasteiger partial charge is 0.389 e. The van der Waals surface area contributed by atoms with Crippen molar-refractivity contribution in [2.24, 2.45) is 0 Å². The third-order valence-electron chi connectivity index (χ3n) is 5.30. The normalized spacial score (nSPS) is 24.7. The fourth-order valence-electron chi connectivity index (χ4n) is 3.80. The predicted octanol–water partition coefficient (Wildman–Crippen LogP) is 1.25. The molecule has 6 heteroatoms. The number of amides is 2. The molecule has 26 heavy (non-hydrogen) atoms. The van der Waals surface area contributed by atoms with Crippen LogP contribution in [0.1, 0.15) is 42.5 Å². The molecule has 142 valence electrons. The Morgan fingerprint density at radius 1 is 1.04 bits per heavy atom. The minimum absolute atomic E-state index is 0.0289. The monoisotopic (exact) mass is 359 g/mol. The molecule has 6 nitrogen and oxygen atoms in total. The van der Waals surface area contributed by atoms with Crippen molar-refractivity contribution in [2.75, 3.05) is 32.7 Å². The highest BCUT2D eigenvalue weighted by Gasteiger charge is 2.31. The van der Waals surface area contributed by atoms with Crippen LogP contribution < -0.4 is 5.32 Å². The molecule has 1 aromatic rings. The van der Waals surface area contributed by atoms with Crippen LogP contribution in [0.15, 0.2) is 30.3 Å². The van der Waals surface area contributed by atoms with Gasteiger partial charge in [-0.2, -0.15) is 0 Å². The first-order valence-corrected chi connectivity index (χ1v) is 9.67. The van der Waals surface area contributed by atoms with Gasteiger partial charge in [-0.05, 0) is 44.5 Å². The zero-order valence-electron chi connectivity index (χ0n) is 15.3. The van der Waals surface area contributed by atoms with Crippen molar-refractivity contribution in [2.45, 2.75) is 44.2 Å². The lowest BCUT2D eigenvalue weighted by Crippen LogP contribution is -2.56. The Balaban J connectivity index is 1.47. The number of aliphatic hydroxyl groups excluding tert-OH is 1. The second-order valence-electron chi connectivity index (χ2n) is 7.34. The maximum atomic E-state index is 12.5. The summed E-state index contributed by atoms with van der Waals surface area (Å²) in [6.07, 6.45) is 4.62. The summed E-state index contributed by atoms with van der Waals surface area (Å²) in [5.74, 6) is -0.0993. The molecule has 0 unspecified atom stereocenters. The van der Waals surface area contributed by atoms with E-state index in [1.165, 1.54) is 12.8 Å². The lowest BCUT2D eigenvalue weighted by molar-refractivity contribution is -0.124. The lowest BCUT2D eigenvalue weighted by atomic mass is 10.0. The van der Waals surface area contributed by atoms with Crippen molar-refractivity contribution in [3.63, 3.8) is 0 Å². The van der Waals surface area contributed by atoms with E-state index in [9.17, 15) is 14.7 Å². The molecular weight excluding hydrogens is 330 g/mol. The number of carbonyl (C=O) groups is 2. The molecule has 2 heterocycles. The second-order valence-corrected chi connectivity index (χ2v) is 7.34. The van der Waals surface area contributed by atoms with Crippen molar-refractivity contribution in [3.8, 4) is 0 Å². The fraction of sp³-hybridized carbons (Fsp3) is 0.600. The zero-order valence-corrected chi connectivity index (χ0v) is 15.3. The number of β-amino-alcohol motifs (C(OH)–C–C–N with tert-alkyl or cyclic N) is 1. The van der Waals surface area contributed by atoms with Crippen LogP contribution in [0, 0.1) is 0 Å². The average molecular weight is 359 g/mol. The number of benzene rings is 1. The van der Waals surface area contributed by atoms with Crippen molar-refractivity contribution in [3.05, 3.63) is 35.9 Å². The molecule has 3 rings (SSSR count). The topological polar surface area (TPSA) is 72.9 Å². The number of rotatable bonds is 4. The van der Waals surface area contributed by atoms with Gasteiger partial charge in [0.05, 0.1) is 18.7 Å². The van der Waals surface area contributed by atoms with Crippen LogP contribution >= 0.6 is 0 Å². The van der Waals surface area contributed by atoms with E-state index in [-0.39, 0.29) is 24.4 Å². The number of piperidine rings is 1. The fourth-order valence-corrected chi connectivity index (χ4v) is 3.80. The standard InChI is InChI=1S/C20H29N3O3/c24-18-14-23(20(26)16-8-4-3-5-9-16)13-10-17(18)21-19(25)15-22-11-6-1-2-7-12-22/h3-5,8-9,17-18,24H,1-2,6-7,10-15H2,(H,21,25)/t17-,18-/m1/s1. The Morgan fingerprint density at radius 2 is 1.73 bits per heavy atom. The summed E-state index contributed by atoms with van der Waals surface area (Å²) in [5, 5.41) is 13.4. The quantitative estimate of drug-likeness (QED) is 0.849. The third kappa shape index (κ3) is 5.05. The summed E-state index contributed by atoms with van der Waals surface area (Å²) in [4.78, 5) is 28.7. The minimum atomic E-state index is -0.732. The van der Waals surface area contributed by atoms with Gasteiger partial charge < -0.3 is 15.3 Å². The molecule has 2 fully saturated rings. The Kier molecular flexibility index (Phi) is 6.63. The van der Waals surface area contributed by atoms with Gasteiger partial charge in [0.1, 0.15) is 0 Å².